The molecule has 3 aromatic rings. The van der Waals surface area contributed by atoms with Crippen LogP contribution in [0.4, 0.5) is 10.2 Å². The van der Waals surface area contributed by atoms with Gasteiger partial charge in [0.2, 0.25) is 0 Å². The van der Waals surface area contributed by atoms with Gasteiger partial charge >= 0.3 is 5.97 Å². The second-order valence-corrected chi connectivity index (χ2v) is 5.18. The number of nitrogen functional groups attached to an aromatic ring is 1. The Morgan fingerprint density at radius 3 is 2.75 bits per heavy atom. The van der Waals surface area contributed by atoms with Crippen molar-refractivity contribution in [1.82, 2.24) is 14.8 Å². The normalized spacial score (nSPS) is 10.8. The quantitative estimate of drug-likeness (QED) is 0.768. The van der Waals surface area contributed by atoms with Crippen molar-refractivity contribution in [3.8, 4) is 22.4 Å². The highest BCUT2D eigenvalue weighted by atomic mass is 19.1. The maximum atomic E-state index is 14.0. The number of halogens is 1. The van der Waals surface area contributed by atoms with Crippen molar-refractivity contribution >= 4 is 11.8 Å². The predicted octanol–water partition coefficient (Wildman–Crippen LogP) is 3.05. The third-order valence-electron chi connectivity index (χ3n) is 3.71. The number of hydrogen-bond donors (Lipinski definition) is 2. The molecular formula is C17H15FN4O2. The van der Waals surface area contributed by atoms with E-state index in [0.29, 0.717) is 22.4 Å². The summed E-state index contributed by atoms with van der Waals surface area (Å²) in [5, 5.41) is 13.4. The van der Waals surface area contributed by atoms with Crippen molar-refractivity contribution in [2.24, 2.45) is 0 Å². The van der Waals surface area contributed by atoms with E-state index >= 15 is 0 Å². The van der Waals surface area contributed by atoms with E-state index in [1.807, 2.05) is 19.2 Å². The van der Waals surface area contributed by atoms with Gasteiger partial charge < -0.3 is 10.8 Å². The fourth-order valence-corrected chi connectivity index (χ4v) is 2.52. The number of nitrogens with two attached hydrogens (primary N) is 1. The van der Waals surface area contributed by atoms with E-state index in [4.69, 9.17) is 10.8 Å². The van der Waals surface area contributed by atoms with Gasteiger partial charge in [-0.2, -0.15) is 5.10 Å². The average molecular weight is 326 g/mol. The summed E-state index contributed by atoms with van der Waals surface area (Å²) in [6.45, 7) is 2.69. The van der Waals surface area contributed by atoms with Crippen LogP contribution >= 0.6 is 0 Å². The molecule has 0 atom stereocenters. The summed E-state index contributed by atoms with van der Waals surface area (Å²) in [6.07, 6.45) is 3.39. The van der Waals surface area contributed by atoms with Crippen LogP contribution in [-0.4, -0.2) is 25.8 Å². The number of carboxylic acids is 1. The van der Waals surface area contributed by atoms with Crippen LogP contribution in [0.3, 0.4) is 0 Å². The highest BCUT2D eigenvalue weighted by molar-refractivity contribution is 5.91. The van der Waals surface area contributed by atoms with Gasteiger partial charge in [0, 0.05) is 30.1 Å². The topological polar surface area (TPSA) is 94.0 Å². The zero-order chi connectivity index (χ0) is 17.3. The van der Waals surface area contributed by atoms with Crippen molar-refractivity contribution in [1.29, 1.82) is 0 Å². The van der Waals surface area contributed by atoms with Gasteiger partial charge in [-0.1, -0.05) is 6.07 Å². The molecule has 0 saturated carbocycles. The second kappa shape index (κ2) is 6.11. The largest absolute Gasteiger partial charge is 0.478 e. The van der Waals surface area contributed by atoms with Crippen molar-refractivity contribution in [3.05, 3.63) is 54.1 Å². The number of anilines is 1. The molecule has 6 nitrogen and oxygen atoms in total. The van der Waals surface area contributed by atoms with E-state index in [1.165, 1.54) is 12.1 Å². The van der Waals surface area contributed by atoms with E-state index in [1.54, 1.807) is 16.9 Å². The zero-order valence-electron chi connectivity index (χ0n) is 12.9. The van der Waals surface area contributed by atoms with E-state index in [0.717, 1.165) is 12.6 Å². The summed E-state index contributed by atoms with van der Waals surface area (Å²) in [6, 6.07) is 7.46. The molecular weight excluding hydrogens is 311 g/mol. The molecule has 0 radical (unpaired) electrons. The lowest BCUT2D eigenvalue weighted by atomic mass is 9.97. The van der Waals surface area contributed by atoms with Gasteiger partial charge in [-0.3, -0.25) is 4.68 Å². The Bertz CT molecular complexity index is 921. The van der Waals surface area contributed by atoms with Crippen molar-refractivity contribution in [2.45, 2.75) is 13.5 Å². The number of nitrogens with zero attached hydrogens (tertiary/aromatic N) is 3. The van der Waals surface area contributed by atoms with Crippen molar-refractivity contribution in [3.63, 3.8) is 0 Å². The van der Waals surface area contributed by atoms with E-state index < -0.39 is 17.3 Å². The summed E-state index contributed by atoms with van der Waals surface area (Å²) < 4.78 is 15.8. The number of hydrogen-bond acceptors (Lipinski definition) is 4. The van der Waals surface area contributed by atoms with Gasteiger partial charge in [0.15, 0.2) is 0 Å². The Balaban J connectivity index is 2.17. The Hall–Kier alpha value is -3.22. The summed E-state index contributed by atoms with van der Waals surface area (Å²) >= 11 is 0. The average Bonchev–Trinajstić information content (AvgIpc) is 3.03. The lowest BCUT2D eigenvalue weighted by Crippen LogP contribution is -2.02. The second-order valence-electron chi connectivity index (χ2n) is 5.18. The maximum absolute atomic E-state index is 14.0. The molecule has 2 aromatic heterocycles. The van der Waals surface area contributed by atoms with E-state index in [9.17, 15) is 9.18 Å². The van der Waals surface area contributed by atoms with Crippen LogP contribution in [0.25, 0.3) is 22.4 Å². The number of carbonyl (C=O) groups is 1. The molecule has 1 aromatic carbocycles. The summed E-state index contributed by atoms with van der Waals surface area (Å²) in [5.74, 6) is -1.92. The monoisotopic (exact) mass is 326 g/mol. The maximum Gasteiger partial charge on any atom is 0.338 e. The molecule has 3 N–H and O–H groups in total. The van der Waals surface area contributed by atoms with Gasteiger partial charge in [0.1, 0.15) is 11.6 Å². The number of aromatic nitrogens is 3. The Morgan fingerprint density at radius 2 is 2.12 bits per heavy atom. The van der Waals surface area contributed by atoms with Gasteiger partial charge in [-0.25, -0.2) is 14.2 Å². The summed E-state index contributed by atoms with van der Waals surface area (Å²) in [7, 11) is 0. The smallest absolute Gasteiger partial charge is 0.338 e. The number of rotatable bonds is 4. The molecule has 24 heavy (non-hydrogen) atoms. The van der Waals surface area contributed by atoms with Crippen LogP contribution in [0.2, 0.25) is 0 Å². The lowest BCUT2D eigenvalue weighted by molar-refractivity contribution is 0.0692. The minimum Gasteiger partial charge on any atom is -0.478 e. The molecule has 0 aliphatic carbocycles. The first-order chi connectivity index (χ1) is 11.5. The van der Waals surface area contributed by atoms with Crippen LogP contribution in [-0.2, 0) is 6.54 Å². The van der Waals surface area contributed by atoms with Crippen LogP contribution in [0.15, 0.2) is 42.7 Å². The van der Waals surface area contributed by atoms with Gasteiger partial charge in [0.25, 0.3) is 0 Å². The first kappa shape index (κ1) is 15.7. The Morgan fingerprint density at radius 1 is 1.33 bits per heavy atom. The first-order valence-corrected chi connectivity index (χ1v) is 7.32. The minimum atomic E-state index is -1.32. The number of aromatic carboxylic acids is 1. The lowest BCUT2D eigenvalue weighted by Gasteiger charge is -2.11. The molecule has 3 rings (SSSR count). The van der Waals surface area contributed by atoms with Crippen LogP contribution < -0.4 is 5.73 Å². The van der Waals surface area contributed by atoms with E-state index in [2.05, 4.69) is 10.1 Å². The van der Waals surface area contributed by atoms with Gasteiger partial charge in [-0.15, -0.1) is 0 Å². The van der Waals surface area contributed by atoms with Gasteiger partial charge in [-0.05, 0) is 36.8 Å². The molecule has 0 unspecified atom stereocenters. The van der Waals surface area contributed by atoms with Gasteiger partial charge in [0.05, 0.1) is 11.3 Å². The Labute approximate surface area is 137 Å². The molecule has 0 fully saturated rings. The molecule has 0 aliphatic heterocycles. The molecule has 0 spiro atoms. The van der Waals surface area contributed by atoms with Crippen molar-refractivity contribution < 1.29 is 14.3 Å². The number of benzene rings is 1. The number of aryl methyl sites for hydroxylation is 1. The van der Waals surface area contributed by atoms with Crippen LogP contribution in [0.5, 0.6) is 0 Å². The SMILES string of the molecule is CCn1ccc(-c2ccnc(N)c2-c2ccc(C(=O)O)c(F)c2)n1. The Kier molecular flexibility index (Phi) is 3.99. The highest BCUT2D eigenvalue weighted by Gasteiger charge is 2.17. The highest BCUT2D eigenvalue weighted by Crippen LogP contribution is 2.35. The molecule has 0 aliphatic rings. The third-order valence-corrected chi connectivity index (χ3v) is 3.71. The fourth-order valence-electron chi connectivity index (χ4n) is 2.52. The van der Waals surface area contributed by atoms with E-state index in [-0.39, 0.29) is 5.82 Å². The summed E-state index contributed by atoms with van der Waals surface area (Å²) in [5.41, 5.74) is 7.96. The molecule has 0 bridgehead atoms. The van der Waals surface area contributed by atoms with Crippen LogP contribution in [0, 0.1) is 5.82 Å². The molecule has 0 saturated heterocycles. The number of pyridine rings is 1. The summed E-state index contributed by atoms with van der Waals surface area (Å²) in [4.78, 5) is 15.0. The third kappa shape index (κ3) is 2.71. The molecule has 0 amide bonds. The van der Waals surface area contributed by atoms with Crippen molar-refractivity contribution in [2.75, 3.05) is 5.73 Å². The molecule has 122 valence electrons. The van der Waals surface area contributed by atoms with Crippen LogP contribution in [0.1, 0.15) is 17.3 Å². The molecule has 2 heterocycles. The minimum absolute atomic E-state index is 0.223. The predicted molar refractivity (Wildman–Crippen MR) is 87.9 cm³/mol. The first-order valence-electron chi connectivity index (χ1n) is 7.32. The standard InChI is InChI=1S/C17H15FN4O2/c1-2-22-8-6-14(21-22)12-5-7-20-16(19)15(12)10-3-4-11(17(23)24)13(18)9-10/h3-9H,2H2,1H3,(H2,19,20)(H,23,24). The fraction of sp³-hybridized carbons (Fsp3) is 0.118. The molecule has 7 heteroatoms. The zero-order valence-corrected chi connectivity index (χ0v) is 12.9. The number of carboxylic acid groups (broad SMARTS) is 1.